The Morgan fingerprint density at radius 1 is 1.32 bits per heavy atom. The van der Waals surface area contributed by atoms with E-state index < -0.39 is 5.91 Å². The first kappa shape index (κ1) is 21.1. The van der Waals surface area contributed by atoms with Gasteiger partial charge in [-0.3, -0.25) is 4.79 Å². The zero-order valence-corrected chi connectivity index (χ0v) is 17.1. The standard InChI is InChI=1S/C22H19BrN2O3/c1-4-10-28-21-13-19(23)17(12-20(21)27-3)11-18(14-24)22(26)25-15(2)16-8-6-5-7-9-16/h1,5-9,11-13,15H,10H2,2-3H3,(H,25,26)/b18-11-/t15-/m1/s1. The molecule has 28 heavy (non-hydrogen) atoms. The van der Waals surface area contributed by atoms with Crippen LogP contribution in [0, 0.1) is 23.7 Å². The van der Waals surface area contributed by atoms with E-state index in [0.29, 0.717) is 21.5 Å². The molecule has 0 aliphatic carbocycles. The Morgan fingerprint density at radius 3 is 2.64 bits per heavy atom. The second-order valence-corrected chi connectivity index (χ2v) is 6.65. The zero-order valence-electron chi connectivity index (χ0n) is 15.5. The highest BCUT2D eigenvalue weighted by Gasteiger charge is 2.16. The number of hydrogen-bond donors (Lipinski definition) is 1. The third kappa shape index (κ3) is 5.39. The summed E-state index contributed by atoms with van der Waals surface area (Å²) in [6.45, 7) is 1.96. The van der Waals surface area contributed by atoms with Gasteiger partial charge in [0, 0.05) is 4.47 Å². The Morgan fingerprint density at radius 2 is 2.04 bits per heavy atom. The van der Waals surface area contributed by atoms with Gasteiger partial charge in [0.1, 0.15) is 18.2 Å². The molecule has 0 heterocycles. The number of rotatable bonds is 7. The summed E-state index contributed by atoms with van der Waals surface area (Å²) in [4.78, 5) is 12.5. The van der Waals surface area contributed by atoms with Gasteiger partial charge in [0.05, 0.1) is 13.2 Å². The van der Waals surface area contributed by atoms with Gasteiger partial charge < -0.3 is 14.8 Å². The van der Waals surface area contributed by atoms with Crippen LogP contribution >= 0.6 is 15.9 Å². The lowest BCUT2D eigenvalue weighted by molar-refractivity contribution is -0.117. The molecule has 5 nitrogen and oxygen atoms in total. The topological polar surface area (TPSA) is 71.3 Å². The van der Waals surface area contributed by atoms with Crippen LogP contribution in [0.3, 0.4) is 0 Å². The maximum atomic E-state index is 12.5. The van der Waals surface area contributed by atoms with E-state index in [1.807, 2.05) is 43.3 Å². The lowest BCUT2D eigenvalue weighted by atomic mass is 10.1. The lowest BCUT2D eigenvalue weighted by Gasteiger charge is -2.14. The smallest absolute Gasteiger partial charge is 0.262 e. The van der Waals surface area contributed by atoms with E-state index in [2.05, 4.69) is 27.2 Å². The summed E-state index contributed by atoms with van der Waals surface area (Å²) in [5, 5.41) is 12.3. The lowest BCUT2D eigenvalue weighted by Crippen LogP contribution is -2.27. The minimum Gasteiger partial charge on any atom is -0.493 e. The second kappa shape index (κ2) is 10.2. The molecule has 142 valence electrons. The summed E-state index contributed by atoms with van der Waals surface area (Å²) < 4.78 is 11.4. The van der Waals surface area contributed by atoms with E-state index >= 15 is 0 Å². The van der Waals surface area contributed by atoms with Crippen molar-refractivity contribution >= 4 is 27.9 Å². The molecule has 0 radical (unpaired) electrons. The molecule has 0 bridgehead atoms. The third-order valence-electron chi connectivity index (χ3n) is 3.91. The number of nitriles is 1. The molecule has 0 saturated heterocycles. The molecule has 1 amide bonds. The molecule has 0 aromatic heterocycles. The van der Waals surface area contributed by atoms with E-state index in [1.54, 1.807) is 12.1 Å². The number of ether oxygens (including phenoxy) is 2. The van der Waals surface area contributed by atoms with Crippen LogP contribution in [0.15, 0.2) is 52.5 Å². The van der Waals surface area contributed by atoms with Crippen molar-refractivity contribution in [1.82, 2.24) is 5.32 Å². The van der Waals surface area contributed by atoms with Crippen LogP contribution < -0.4 is 14.8 Å². The molecule has 1 N–H and O–H groups in total. The molecular weight excluding hydrogens is 420 g/mol. The van der Waals surface area contributed by atoms with Gasteiger partial charge in [0.15, 0.2) is 11.5 Å². The first-order valence-electron chi connectivity index (χ1n) is 8.41. The fraction of sp³-hybridized carbons (Fsp3) is 0.182. The first-order chi connectivity index (χ1) is 13.5. The van der Waals surface area contributed by atoms with Crippen LogP contribution in [0.4, 0.5) is 0 Å². The maximum absolute atomic E-state index is 12.5. The Labute approximate surface area is 173 Å². The number of halogens is 1. The predicted octanol–water partition coefficient (Wildman–Crippen LogP) is 4.25. The minimum absolute atomic E-state index is 0.0252. The number of hydrogen-bond acceptors (Lipinski definition) is 4. The van der Waals surface area contributed by atoms with Crippen molar-refractivity contribution in [3.63, 3.8) is 0 Å². The number of methoxy groups -OCH3 is 1. The number of carbonyl (C=O) groups excluding carboxylic acids is 1. The molecule has 0 unspecified atom stereocenters. The molecule has 2 rings (SSSR count). The molecule has 0 fully saturated rings. The molecule has 1 atom stereocenters. The van der Waals surface area contributed by atoms with Gasteiger partial charge in [0.2, 0.25) is 0 Å². The largest absolute Gasteiger partial charge is 0.493 e. The van der Waals surface area contributed by atoms with E-state index in [1.165, 1.54) is 13.2 Å². The van der Waals surface area contributed by atoms with Gasteiger partial charge in [-0.05, 0) is 36.3 Å². The van der Waals surface area contributed by atoms with E-state index in [0.717, 1.165) is 5.56 Å². The van der Waals surface area contributed by atoms with Crippen molar-refractivity contribution in [3.8, 4) is 29.9 Å². The summed E-state index contributed by atoms with van der Waals surface area (Å²) in [7, 11) is 1.50. The second-order valence-electron chi connectivity index (χ2n) is 5.79. The fourth-order valence-corrected chi connectivity index (χ4v) is 2.89. The number of terminal acetylenes is 1. The van der Waals surface area contributed by atoms with Crippen LogP contribution in [0.5, 0.6) is 11.5 Å². The highest BCUT2D eigenvalue weighted by molar-refractivity contribution is 9.10. The molecule has 2 aromatic carbocycles. The van der Waals surface area contributed by atoms with E-state index in [9.17, 15) is 10.1 Å². The maximum Gasteiger partial charge on any atom is 0.262 e. The van der Waals surface area contributed by atoms with Crippen molar-refractivity contribution in [2.45, 2.75) is 13.0 Å². The van der Waals surface area contributed by atoms with Crippen LogP contribution in [0.2, 0.25) is 0 Å². The fourth-order valence-electron chi connectivity index (χ4n) is 2.46. The van der Waals surface area contributed by atoms with Crippen LogP contribution in [-0.4, -0.2) is 19.6 Å². The molecule has 0 aliphatic rings. The van der Waals surface area contributed by atoms with Crippen molar-refractivity contribution < 1.29 is 14.3 Å². The van der Waals surface area contributed by atoms with Gasteiger partial charge in [0.25, 0.3) is 5.91 Å². The van der Waals surface area contributed by atoms with Gasteiger partial charge in [-0.25, -0.2) is 0 Å². The summed E-state index contributed by atoms with van der Waals surface area (Å²) in [6.07, 6.45) is 6.71. The third-order valence-corrected chi connectivity index (χ3v) is 4.59. The number of benzene rings is 2. The molecule has 2 aromatic rings. The zero-order chi connectivity index (χ0) is 20.5. The quantitative estimate of drug-likeness (QED) is 0.398. The Balaban J connectivity index is 2.27. The molecule has 0 spiro atoms. The van der Waals surface area contributed by atoms with Gasteiger partial charge in [-0.1, -0.05) is 52.2 Å². The summed E-state index contributed by atoms with van der Waals surface area (Å²) in [6, 6.07) is 14.6. The van der Waals surface area contributed by atoms with Crippen molar-refractivity contribution in [1.29, 1.82) is 5.26 Å². The van der Waals surface area contributed by atoms with Gasteiger partial charge in [-0.2, -0.15) is 5.26 Å². The molecule has 0 aliphatic heterocycles. The average Bonchev–Trinajstić information content (AvgIpc) is 2.71. The Kier molecular flexibility index (Phi) is 7.68. The SMILES string of the molecule is C#CCOc1cc(Br)c(/C=C(/C#N)C(=O)N[C@H](C)c2ccccc2)cc1OC. The van der Waals surface area contributed by atoms with Crippen molar-refractivity contribution in [3.05, 3.63) is 63.6 Å². The summed E-state index contributed by atoms with van der Waals surface area (Å²) >= 11 is 3.42. The number of carbonyl (C=O) groups is 1. The number of nitrogens with one attached hydrogen (secondary N) is 1. The summed E-state index contributed by atoms with van der Waals surface area (Å²) in [5.41, 5.74) is 1.53. The monoisotopic (exact) mass is 438 g/mol. The molecular formula is C22H19BrN2O3. The average molecular weight is 439 g/mol. The van der Waals surface area contributed by atoms with E-state index in [4.69, 9.17) is 15.9 Å². The van der Waals surface area contributed by atoms with E-state index in [-0.39, 0.29) is 18.2 Å². The van der Waals surface area contributed by atoms with Crippen LogP contribution in [-0.2, 0) is 4.79 Å². The van der Waals surface area contributed by atoms with Crippen LogP contribution in [0.1, 0.15) is 24.1 Å². The highest BCUT2D eigenvalue weighted by Crippen LogP contribution is 2.34. The van der Waals surface area contributed by atoms with Gasteiger partial charge in [-0.15, -0.1) is 6.42 Å². The number of amides is 1. The highest BCUT2D eigenvalue weighted by atomic mass is 79.9. The minimum atomic E-state index is -0.461. The Hall–Kier alpha value is -3.22. The molecule has 0 saturated carbocycles. The normalized spacial score (nSPS) is 11.7. The van der Waals surface area contributed by atoms with Crippen molar-refractivity contribution in [2.24, 2.45) is 0 Å². The summed E-state index contributed by atoms with van der Waals surface area (Å²) in [5.74, 6) is 2.84. The number of nitrogens with zero attached hydrogens (tertiary/aromatic N) is 1. The first-order valence-corrected chi connectivity index (χ1v) is 9.20. The Bertz CT molecular complexity index is 956. The predicted molar refractivity (Wildman–Crippen MR) is 112 cm³/mol. The molecule has 6 heteroatoms. The van der Waals surface area contributed by atoms with Crippen molar-refractivity contribution in [2.75, 3.05) is 13.7 Å². The van der Waals surface area contributed by atoms with Gasteiger partial charge >= 0.3 is 0 Å². The van der Waals surface area contributed by atoms with Crippen LogP contribution in [0.25, 0.3) is 6.08 Å².